The molecule has 1 N–H and O–H groups in total. The minimum absolute atomic E-state index is 0.0681. The van der Waals surface area contributed by atoms with Crippen LogP contribution >= 0.6 is 12.6 Å². The third-order valence-electron chi connectivity index (χ3n) is 1.26. The van der Waals surface area contributed by atoms with Gasteiger partial charge >= 0.3 is 0 Å². The Hall–Kier alpha value is -0.220. The average Bonchev–Trinajstić information content (AvgIpc) is 1.98. The largest absolute Gasteiger partial charge is 0.344 e. The predicted octanol–water partition coefficient (Wildman–Crippen LogP) is -0.406. The van der Waals surface area contributed by atoms with E-state index in [1.165, 1.54) is 0 Å². The van der Waals surface area contributed by atoms with Crippen LogP contribution in [-0.2, 0) is 4.79 Å². The van der Waals surface area contributed by atoms with Gasteiger partial charge in [-0.3, -0.25) is 4.79 Å². The molecule has 0 aromatic heterocycles. The molecular formula is C6H14N2OS. The molecule has 0 rings (SSSR count). The molecule has 0 saturated carbocycles. The third-order valence-corrected chi connectivity index (χ3v) is 1.53. The summed E-state index contributed by atoms with van der Waals surface area (Å²) in [4.78, 5) is 12.5. The van der Waals surface area contributed by atoms with E-state index >= 15 is 0 Å². The molecule has 10 heavy (non-hydrogen) atoms. The highest BCUT2D eigenvalue weighted by Crippen LogP contribution is 1.85. The second kappa shape index (κ2) is 5.56. The number of thiol groups is 1. The standard InChI is InChI=1S/C6H14N2OS/c1-7-3-4-8(2)6(9)5-10/h7,10H,3-5H2,1-2H3. The molecule has 0 unspecified atom stereocenters. The number of hydrogen-bond acceptors (Lipinski definition) is 3. The van der Waals surface area contributed by atoms with E-state index in [9.17, 15) is 4.79 Å². The lowest BCUT2D eigenvalue weighted by atomic mass is 10.5. The zero-order chi connectivity index (χ0) is 7.98. The molecule has 0 fully saturated rings. The summed E-state index contributed by atoms with van der Waals surface area (Å²) >= 11 is 3.87. The summed E-state index contributed by atoms with van der Waals surface area (Å²) in [7, 11) is 3.63. The fourth-order valence-corrected chi connectivity index (χ4v) is 0.766. The summed E-state index contributed by atoms with van der Waals surface area (Å²) in [6, 6.07) is 0. The smallest absolute Gasteiger partial charge is 0.232 e. The number of carbonyl (C=O) groups excluding carboxylic acids is 1. The van der Waals surface area contributed by atoms with Crippen molar-refractivity contribution in [2.24, 2.45) is 0 Å². The fourth-order valence-electron chi connectivity index (χ4n) is 0.525. The van der Waals surface area contributed by atoms with E-state index in [0.29, 0.717) is 5.75 Å². The second-order valence-electron chi connectivity index (χ2n) is 2.08. The predicted molar refractivity (Wildman–Crippen MR) is 45.4 cm³/mol. The van der Waals surface area contributed by atoms with Crippen LogP contribution in [0.2, 0.25) is 0 Å². The van der Waals surface area contributed by atoms with Gasteiger partial charge < -0.3 is 10.2 Å². The number of nitrogens with zero attached hydrogens (tertiary/aromatic N) is 1. The van der Waals surface area contributed by atoms with Crippen LogP contribution < -0.4 is 5.32 Å². The molecule has 0 heterocycles. The van der Waals surface area contributed by atoms with Gasteiger partial charge in [0.1, 0.15) is 0 Å². The molecule has 0 atom stereocenters. The maximum Gasteiger partial charge on any atom is 0.232 e. The van der Waals surface area contributed by atoms with Crippen molar-refractivity contribution in [2.75, 3.05) is 32.9 Å². The Morgan fingerprint density at radius 2 is 2.30 bits per heavy atom. The first-order valence-electron chi connectivity index (χ1n) is 3.21. The molecule has 1 amide bonds. The Labute approximate surface area is 67.2 Å². The summed E-state index contributed by atoms with van der Waals surface area (Å²) in [5.74, 6) is 0.360. The molecule has 0 aromatic carbocycles. The van der Waals surface area contributed by atoms with Crippen LogP contribution in [0.5, 0.6) is 0 Å². The lowest BCUT2D eigenvalue weighted by Crippen LogP contribution is -2.33. The Bertz CT molecular complexity index is 108. The van der Waals surface area contributed by atoms with E-state index < -0.39 is 0 Å². The summed E-state index contributed by atoms with van der Waals surface area (Å²) < 4.78 is 0. The van der Waals surface area contributed by atoms with Crippen LogP contribution in [0, 0.1) is 0 Å². The normalized spacial score (nSPS) is 9.50. The zero-order valence-electron chi connectivity index (χ0n) is 6.42. The molecule has 0 aromatic rings. The van der Waals surface area contributed by atoms with Crippen molar-refractivity contribution in [1.29, 1.82) is 0 Å². The van der Waals surface area contributed by atoms with Gasteiger partial charge in [-0.05, 0) is 7.05 Å². The van der Waals surface area contributed by atoms with Crippen molar-refractivity contribution in [2.45, 2.75) is 0 Å². The third kappa shape index (κ3) is 3.74. The van der Waals surface area contributed by atoms with Crippen LogP contribution in [-0.4, -0.2) is 43.7 Å². The number of nitrogens with one attached hydrogen (secondary N) is 1. The van der Waals surface area contributed by atoms with Crippen LogP contribution in [0.25, 0.3) is 0 Å². The summed E-state index contributed by atoms with van der Waals surface area (Å²) in [6.45, 7) is 1.58. The molecule has 3 nitrogen and oxygen atoms in total. The van der Waals surface area contributed by atoms with Crippen LogP contribution in [0.1, 0.15) is 0 Å². The van der Waals surface area contributed by atoms with Crippen molar-refractivity contribution in [3.05, 3.63) is 0 Å². The SMILES string of the molecule is CNCCN(C)C(=O)CS. The van der Waals surface area contributed by atoms with Gasteiger partial charge in [0.05, 0.1) is 5.75 Å². The Balaban J connectivity index is 3.41. The van der Waals surface area contributed by atoms with Crippen molar-refractivity contribution in [1.82, 2.24) is 10.2 Å². The van der Waals surface area contributed by atoms with Gasteiger partial charge in [0.2, 0.25) is 5.91 Å². The Kier molecular flexibility index (Phi) is 5.43. The summed E-state index contributed by atoms with van der Waals surface area (Å²) in [5.41, 5.74) is 0. The lowest BCUT2D eigenvalue weighted by Gasteiger charge is -2.14. The zero-order valence-corrected chi connectivity index (χ0v) is 7.32. The summed E-state index contributed by atoms with van der Waals surface area (Å²) in [5, 5.41) is 2.96. The first-order valence-corrected chi connectivity index (χ1v) is 3.85. The van der Waals surface area contributed by atoms with E-state index in [1.807, 2.05) is 7.05 Å². The van der Waals surface area contributed by atoms with Gasteiger partial charge in [-0.25, -0.2) is 0 Å². The van der Waals surface area contributed by atoms with E-state index in [1.54, 1.807) is 11.9 Å². The van der Waals surface area contributed by atoms with Gasteiger partial charge in [0.25, 0.3) is 0 Å². The minimum atomic E-state index is 0.0681. The molecule has 0 spiro atoms. The summed E-state index contributed by atoms with van der Waals surface area (Å²) in [6.07, 6.45) is 0. The number of likely N-dealkylation sites (N-methyl/N-ethyl adjacent to an activating group) is 2. The highest BCUT2D eigenvalue weighted by Gasteiger charge is 2.03. The van der Waals surface area contributed by atoms with Crippen molar-refractivity contribution in [3.8, 4) is 0 Å². The van der Waals surface area contributed by atoms with Crippen molar-refractivity contribution < 1.29 is 4.79 Å². The highest BCUT2D eigenvalue weighted by atomic mass is 32.1. The molecule has 0 aliphatic carbocycles. The molecule has 0 saturated heterocycles. The Morgan fingerprint density at radius 1 is 1.70 bits per heavy atom. The van der Waals surface area contributed by atoms with Crippen LogP contribution in [0.15, 0.2) is 0 Å². The number of rotatable bonds is 4. The maximum absolute atomic E-state index is 10.8. The van der Waals surface area contributed by atoms with E-state index in [-0.39, 0.29) is 5.91 Å². The van der Waals surface area contributed by atoms with Gasteiger partial charge in [0, 0.05) is 20.1 Å². The maximum atomic E-state index is 10.8. The molecule has 0 aliphatic heterocycles. The highest BCUT2D eigenvalue weighted by molar-refractivity contribution is 7.81. The monoisotopic (exact) mass is 162 g/mol. The topological polar surface area (TPSA) is 32.3 Å². The quantitative estimate of drug-likeness (QED) is 0.551. The van der Waals surface area contributed by atoms with Crippen molar-refractivity contribution in [3.63, 3.8) is 0 Å². The number of hydrogen-bond donors (Lipinski definition) is 2. The molecule has 0 radical (unpaired) electrons. The first kappa shape index (κ1) is 9.78. The second-order valence-corrected chi connectivity index (χ2v) is 2.39. The first-order chi connectivity index (χ1) is 4.72. The number of carbonyl (C=O) groups is 1. The van der Waals surface area contributed by atoms with Gasteiger partial charge in [0.15, 0.2) is 0 Å². The van der Waals surface area contributed by atoms with Gasteiger partial charge in [-0.2, -0.15) is 12.6 Å². The Morgan fingerprint density at radius 3 is 2.70 bits per heavy atom. The van der Waals surface area contributed by atoms with Gasteiger partial charge in [-0.15, -0.1) is 0 Å². The minimum Gasteiger partial charge on any atom is -0.344 e. The van der Waals surface area contributed by atoms with E-state index in [2.05, 4.69) is 17.9 Å². The average molecular weight is 162 g/mol. The lowest BCUT2D eigenvalue weighted by molar-refractivity contribution is -0.126. The van der Waals surface area contributed by atoms with E-state index in [0.717, 1.165) is 13.1 Å². The van der Waals surface area contributed by atoms with Gasteiger partial charge in [-0.1, -0.05) is 0 Å². The van der Waals surface area contributed by atoms with Crippen LogP contribution in [0.3, 0.4) is 0 Å². The molecule has 0 bridgehead atoms. The molecule has 0 aliphatic rings. The van der Waals surface area contributed by atoms with E-state index in [4.69, 9.17) is 0 Å². The van der Waals surface area contributed by atoms with Crippen molar-refractivity contribution >= 4 is 18.5 Å². The number of amides is 1. The molecular weight excluding hydrogens is 148 g/mol. The van der Waals surface area contributed by atoms with Crippen LogP contribution in [0.4, 0.5) is 0 Å². The molecule has 4 heteroatoms. The molecule has 60 valence electrons. The fraction of sp³-hybridized carbons (Fsp3) is 0.833.